The van der Waals surface area contributed by atoms with Gasteiger partial charge in [0.25, 0.3) is 0 Å². The van der Waals surface area contributed by atoms with Crippen LogP contribution in [-0.2, 0) is 9.53 Å². The van der Waals surface area contributed by atoms with Crippen LogP contribution in [0.1, 0.15) is 31.3 Å². The summed E-state index contributed by atoms with van der Waals surface area (Å²) < 4.78 is 4.60. The van der Waals surface area contributed by atoms with Crippen LogP contribution in [0, 0.1) is 0 Å². The molecule has 0 fully saturated rings. The van der Waals surface area contributed by atoms with Crippen LogP contribution in [0.3, 0.4) is 0 Å². The maximum absolute atomic E-state index is 11.0. The Labute approximate surface area is 93.7 Å². The number of aromatic nitrogens is 1. The number of hydrogen-bond acceptors (Lipinski definition) is 5. The first-order valence-corrected chi connectivity index (χ1v) is 5.73. The molecule has 1 aromatic heterocycles. The first-order valence-electron chi connectivity index (χ1n) is 4.85. The zero-order chi connectivity index (χ0) is 11.3. The first kappa shape index (κ1) is 12.1. The molecule has 1 rings (SSSR count). The minimum absolute atomic E-state index is 0.0938. The number of nitrogens with zero attached hydrogens (tertiary/aromatic N) is 1. The Morgan fingerprint density at radius 2 is 2.40 bits per heavy atom. The molecule has 0 aliphatic rings. The molecule has 0 aliphatic heterocycles. The fourth-order valence-corrected chi connectivity index (χ4v) is 1.99. The minimum atomic E-state index is -0.193. The van der Waals surface area contributed by atoms with Gasteiger partial charge in [0.15, 0.2) is 0 Å². The second kappa shape index (κ2) is 5.82. The summed E-state index contributed by atoms with van der Waals surface area (Å²) in [5, 5.41) is 6.27. The van der Waals surface area contributed by atoms with E-state index in [1.54, 1.807) is 17.5 Å². The van der Waals surface area contributed by atoms with Crippen molar-refractivity contribution in [2.45, 2.75) is 32.4 Å². The van der Waals surface area contributed by atoms with E-state index in [4.69, 9.17) is 0 Å². The number of nitrogens with one attached hydrogen (secondary N) is 1. The topological polar surface area (TPSA) is 51.2 Å². The third kappa shape index (κ3) is 3.97. The fraction of sp³-hybridized carbons (Fsp3) is 0.600. The fourth-order valence-electron chi connectivity index (χ4n) is 1.34. The highest BCUT2D eigenvalue weighted by molar-refractivity contribution is 7.09. The summed E-state index contributed by atoms with van der Waals surface area (Å²) in [6.07, 6.45) is 2.16. The van der Waals surface area contributed by atoms with E-state index in [0.717, 1.165) is 5.01 Å². The number of carbonyl (C=O) groups is 1. The van der Waals surface area contributed by atoms with Crippen molar-refractivity contribution in [3.63, 3.8) is 0 Å². The second-order valence-electron chi connectivity index (χ2n) is 3.44. The number of esters is 1. The highest BCUT2D eigenvalue weighted by Gasteiger charge is 2.14. The molecule has 0 aromatic carbocycles. The van der Waals surface area contributed by atoms with Crippen molar-refractivity contribution in [3.8, 4) is 0 Å². The lowest BCUT2D eigenvalue weighted by Crippen LogP contribution is -2.31. The van der Waals surface area contributed by atoms with Crippen molar-refractivity contribution in [1.82, 2.24) is 10.3 Å². The van der Waals surface area contributed by atoms with Crippen LogP contribution in [0.5, 0.6) is 0 Å². The van der Waals surface area contributed by atoms with Crippen molar-refractivity contribution < 1.29 is 9.53 Å². The number of thiazole rings is 1. The van der Waals surface area contributed by atoms with Crippen molar-refractivity contribution >= 4 is 17.3 Å². The number of methoxy groups -OCH3 is 1. The molecule has 0 saturated heterocycles. The Bertz CT molecular complexity index is 300. The summed E-state index contributed by atoms with van der Waals surface area (Å²) in [4.78, 5) is 15.2. The van der Waals surface area contributed by atoms with Crippen LogP contribution in [0.25, 0.3) is 0 Å². The Morgan fingerprint density at radius 1 is 1.67 bits per heavy atom. The average Bonchev–Trinajstić information content (AvgIpc) is 2.70. The van der Waals surface area contributed by atoms with Crippen molar-refractivity contribution in [2.24, 2.45) is 0 Å². The molecular formula is C10H16N2O2S. The molecule has 84 valence electrons. The van der Waals surface area contributed by atoms with Gasteiger partial charge in [-0.05, 0) is 13.8 Å². The Kier molecular flexibility index (Phi) is 4.71. The zero-order valence-electron chi connectivity index (χ0n) is 9.19. The molecule has 2 atom stereocenters. The molecule has 0 bridgehead atoms. The molecule has 0 aliphatic carbocycles. The van der Waals surface area contributed by atoms with Gasteiger partial charge in [-0.25, -0.2) is 4.98 Å². The molecule has 1 aromatic rings. The van der Waals surface area contributed by atoms with Gasteiger partial charge < -0.3 is 10.1 Å². The van der Waals surface area contributed by atoms with Gasteiger partial charge in [-0.1, -0.05) is 0 Å². The molecule has 1 N–H and O–H groups in total. The molecule has 0 amide bonds. The van der Waals surface area contributed by atoms with E-state index in [2.05, 4.69) is 15.0 Å². The highest BCUT2D eigenvalue weighted by Crippen LogP contribution is 2.15. The van der Waals surface area contributed by atoms with Gasteiger partial charge in [-0.15, -0.1) is 11.3 Å². The number of rotatable bonds is 5. The van der Waals surface area contributed by atoms with Crippen LogP contribution in [0.4, 0.5) is 0 Å². The standard InChI is InChI=1S/C10H16N2O2S/c1-7(6-9(13)14-3)12-8(2)10-11-4-5-15-10/h4-5,7-8,12H,6H2,1-3H3. The smallest absolute Gasteiger partial charge is 0.307 e. The summed E-state index contributed by atoms with van der Waals surface area (Å²) in [6.45, 7) is 3.99. The maximum Gasteiger partial charge on any atom is 0.307 e. The highest BCUT2D eigenvalue weighted by atomic mass is 32.1. The van der Waals surface area contributed by atoms with E-state index in [1.807, 2.05) is 19.2 Å². The average molecular weight is 228 g/mol. The van der Waals surface area contributed by atoms with Gasteiger partial charge in [-0.3, -0.25) is 4.79 Å². The van der Waals surface area contributed by atoms with Crippen LogP contribution in [0.2, 0.25) is 0 Å². The number of carbonyl (C=O) groups excluding carboxylic acids is 1. The molecular weight excluding hydrogens is 212 g/mol. The normalized spacial score (nSPS) is 14.6. The van der Waals surface area contributed by atoms with Crippen molar-refractivity contribution in [1.29, 1.82) is 0 Å². The van der Waals surface area contributed by atoms with Crippen LogP contribution in [0.15, 0.2) is 11.6 Å². The Hall–Kier alpha value is -0.940. The molecule has 0 spiro atoms. The maximum atomic E-state index is 11.0. The molecule has 15 heavy (non-hydrogen) atoms. The lowest BCUT2D eigenvalue weighted by Gasteiger charge is -2.17. The van der Waals surface area contributed by atoms with E-state index >= 15 is 0 Å². The first-order chi connectivity index (χ1) is 7.13. The molecule has 4 nitrogen and oxygen atoms in total. The summed E-state index contributed by atoms with van der Waals surface area (Å²) in [5.74, 6) is -0.193. The predicted octanol–water partition coefficient (Wildman–Crippen LogP) is 1.75. The summed E-state index contributed by atoms with van der Waals surface area (Å²) >= 11 is 1.61. The zero-order valence-corrected chi connectivity index (χ0v) is 10.0. The lowest BCUT2D eigenvalue weighted by atomic mass is 10.2. The molecule has 1 heterocycles. The molecule has 0 radical (unpaired) electrons. The number of hydrogen-bond donors (Lipinski definition) is 1. The van der Waals surface area contributed by atoms with Crippen LogP contribution >= 0.6 is 11.3 Å². The number of ether oxygens (including phenoxy) is 1. The largest absolute Gasteiger partial charge is 0.469 e. The van der Waals surface area contributed by atoms with Gasteiger partial charge >= 0.3 is 5.97 Å². The van der Waals surface area contributed by atoms with E-state index in [0.29, 0.717) is 6.42 Å². The predicted molar refractivity (Wildman–Crippen MR) is 59.8 cm³/mol. The minimum Gasteiger partial charge on any atom is -0.469 e. The van der Waals surface area contributed by atoms with Crippen LogP contribution < -0.4 is 5.32 Å². The SMILES string of the molecule is COC(=O)CC(C)NC(C)c1nccs1. The van der Waals surface area contributed by atoms with Crippen LogP contribution in [-0.4, -0.2) is 24.1 Å². The third-order valence-corrected chi connectivity index (χ3v) is 3.02. The quantitative estimate of drug-likeness (QED) is 0.780. The summed E-state index contributed by atoms with van der Waals surface area (Å²) in [6, 6.07) is 0.265. The molecule has 0 saturated carbocycles. The van der Waals surface area contributed by atoms with E-state index in [9.17, 15) is 4.79 Å². The van der Waals surface area contributed by atoms with Gasteiger partial charge in [0.2, 0.25) is 0 Å². The van der Waals surface area contributed by atoms with Gasteiger partial charge in [0.05, 0.1) is 19.6 Å². The lowest BCUT2D eigenvalue weighted by molar-refractivity contribution is -0.141. The van der Waals surface area contributed by atoms with Gasteiger partial charge in [-0.2, -0.15) is 0 Å². The third-order valence-electron chi connectivity index (χ3n) is 2.06. The van der Waals surface area contributed by atoms with Gasteiger partial charge in [0, 0.05) is 17.6 Å². The molecule has 5 heteroatoms. The molecule has 2 unspecified atom stereocenters. The van der Waals surface area contributed by atoms with Crippen molar-refractivity contribution in [3.05, 3.63) is 16.6 Å². The van der Waals surface area contributed by atoms with E-state index < -0.39 is 0 Å². The summed E-state index contributed by atoms with van der Waals surface area (Å²) in [5.41, 5.74) is 0. The van der Waals surface area contributed by atoms with Crippen molar-refractivity contribution in [2.75, 3.05) is 7.11 Å². The second-order valence-corrected chi connectivity index (χ2v) is 4.37. The Morgan fingerprint density at radius 3 is 2.93 bits per heavy atom. The monoisotopic (exact) mass is 228 g/mol. The Balaban J connectivity index is 2.38. The summed E-state index contributed by atoms with van der Waals surface area (Å²) in [7, 11) is 1.40. The van der Waals surface area contributed by atoms with E-state index in [1.165, 1.54) is 7.11 Å². The van der Waals surface area contributed by atoms with E-state index in [-0.39, 0.29) is 18.1 Å². The van der Waals surface area contributed by atoms with Gasteiger partial charge in [0.1, 0.15) is 5.01 Å².